The molecule has 1 aromatic heterocycles. The van der Waals surface area contributed by atoms with Crippen LogP contribution in [0.5, 0.6) is 5.75 Å². The summed E-state index contributed by atoms with van der Waals surface area (Å²) in [4.78, 5) is 12.1. The summed E-state index contributed by atoms with van der Waals surface area (Å²) in [7, 11) is 0. The van der Waals surface area contributed by atoms with Crippen molar-refractivity contribution in [3.8, 4) is 18.1 Å². The highest BCUT2D eigenvalue weighted by molar-refractivity contribution is 8.00. The van der Waals surface area contributed by atoms with E-state index in [1.165, 1.54) is 11.8 Å². The Kier molecular flexibility index (Phi) is 8.21. The lowest BCUT2D eigenvalue weighted by molar-refractivity contribution is -0.120. The number of ether oxygens (including phenoxy) is 1. The quantitative estimate of drug-likeness (QED) is 0.502. The number of amides is 1. The topological polar surface area (TPSA) is 69.0 Å². The first kappa shape index (κ1) is 20.8. The molecular weight excluding hydrogens is 360 g/mol. The van der Waals surface area contributed by atoms with Crippen molar-refractivity contribution in [2.75, 3.05) is 6.54 Å². The van der Waals surface area contributed by atoms with Crippen LogP contribution in [0.25, 0.3) is 0 Å². The Morgan fingerprint density at radius 3 is 2.70 bits per heavy atom. The van der Waals surface area contributed by atoms with Crippen LogP contribution < -0.4 is 10.1 Å². The summed E-state index contributed by atoms with van der Waals surface area (Å²) in [5.74, 6) is 4.37. The number of para-hydroxylation sites is 1. The Balaban J connectivity index is 2.10. The first-order chi connectivity index (χ1) is 13.0. The van der Waals surface area contributed by atoms with E-state index < -0.39 is 0 Å². The molecule has 0 aliphatic rings. The number of hydrogen-bond donors (Lipinski definition) is 1. The molecule has 6 nitrogen and oxygen atoms in total. The van der Waals surface area contributed by atoms with Gasteiger partial charge in [-0.25, -0.2) is 0 Å². The van der Waals surface area contributed by atoms with Crippen LogP contribution in [0.15, 0.2) is 35.5 Å². The van der Waals surface area contributed by atoms with Crippen molar-refractivity contribution in [3.63, 3.8) is 0 Å². The fourth-order valence-corrected chi connectivity index (χ4v) is 3.20. The molecule has 27 heavy (non-hydrogen) atoms. The number of hydrogen-bond acceptors (Lipinski definition) is 5. The molecule has 2 rings (SSSR count). The zero-order chi connectivity index (χ0) is 19.6. The monoisotopic (exact) mass is 386 g/mol. The standard InChI is InChI=1S/C20H26N4O2S/c1-5-12-21-19(25)16(4)27-20-23-22-18(24(20)13-11-15(2)3)14-26-17-9-7-6-8-10-17/h1,6-10,15-16H,11-14H2,2-4H3,(H,21,25). The molecule has 7 heteroatoms. The van der Waals surface area contributed by atoms with Crippen LogP contribution in [0, 0.1) is 18.3 Å². The molecule has 1 atom stereocenters. The summed E-state index contributed by atoms with van der Waals surface area (Å²) in [6.45, 7) is 7.50. The molecule has 1 heterocycles. The average Bonchev–Trinajstić information content (AvgIpc) is 3.04. The summed E-state index contributed by atoms with van der Waals surface area (Å²) in [6, 6.07) is 9.61. The lowest BCUT2D eigenvalue weighted by atomic mass is 10.1. The summed E-state index contributed by atoms with van der Waals surface area (Å²) in [6.07, 6.45) is 6.18. The van der Waals surface area contributed by atoms with Gasteiger partial charge in [-0.05, 0) is 31.4 Å². The molecule has 144 valence electrons. The Bertz CT molecular complexity index is 768. The maximum atomic E-state index is 12.1. The smallest absolute Gasteiger partial charge is 0.234 e. The lowest BCUT2D eigenvalue weighted by Gasteiger charge is -2.14. The van der Waals surface area contributed by atoms with E-state index in [2.05, 4.69) is 35.3 Å². The molecule has 0 spiro atoms. The van der Waals surface area contributed by atoms with Gasteiger partial charge in [0.05, 0.1) is 11.8 Å². The zero-order valence-electron chi connectivity index (χ0n) is 16.0. The summed E-state index contributed by atoms with van der Waals surface area (Å²) >= 11 is 1.38. The minimum atomic E-state index is -0.316. The normalized spacial score (nSPS) is 11.8. The van der Waals surface area contributed by atoms with E-state index in [1.807, 2.05) is 41.8 Å². The molecule has 1 unspecified atom stereocenters. The van der Waals surface area contributed by atoms with Gasteiger partial charge in [-0.2, -0.15) is 0 Å². The van der Waals surface area contributed by atoms with Crippen molar-refractivity contribution in [2.45, 2.75) is 50.8 Å². The van der Waals surface area contributed by atoms with Crippen LogP contribution >= 0.6 is 11.8 Å². The van der Waals surface area contributed by atoms with Crippen LogP contribution in [0.2, 0.25) is 0 Å². The van der Waals surface area contributed by atoms with Crippen molar-refractivity contribution in [3.05, 3.63) is 36.2 Å². The number of rotatable bonds is 10. The lowest BCUT2D eigenvalue weighted by Crippen LogP contribution is -2.31. The molecule has 1 amide bonds. The molecule has 0 fully saturated rings. The number of carbonyl (C=O) groups is 1. The Hall–Kier alpha value is -2.46. The summed E-state index contributed by atoms with van der Waals surface area (Å²) in [5.41, 5.74) is 0. The second kappa shape index (κ2) is 10.6. The van der Waals surface area contributed by atoms with Crippen LogP contribution in [0.4, 0.5) is 0 Å². The number of thioether (sulfide) groups is 1. The van der Waals surface area contributed by atoms with Gasteiger partial charge in [0.1, 0.15) is 12.4 Å². The van der Waals surface area contributed by atoms with Crippen molar-refractivity contribution in [2.24, 2.45) is 5.92 Å². The molecular formula is C20H26N4O2S. The van der Waals surface area contributed by atoms with E-state index in [4.69, 9.17) is 11.2 Å². The molecule has 0 radical (unpaired) electrons. The number of aromatic nitrogens is 3. The van der Waals surface area contributed by atoms with E-state index >= 15 is 0 Å². The van der Waals surface area contributed by atoms with Gasteiger partial charge in [0.25, 0.3) is 0 Å². The van der Waals surface area contributed by atoms with Crippen LogP contribution in [-0.4, -0.2) is 32.5 Å². The summed E-state index contributed by atoms with van der Waals surface area (Å²) in [5, 5.41) is 11.7. The average molecular weight is 387 g/mol. The van der Waals surface area contributed by atoms with E-state index in [1.54, 1.807) is 0 Å². The van der Waals surface area contributed by atoms with Crippen molar-refractivity contribution in [1.82, 2.24) is 20.1 Å². The van der Waals surface area contributed by atoms with Crippen LogP contribution in [0.3, 0.4) is 0 Å². The molecule has 0 saturated heterocycles. The highest BCUT2D eigenvalue weighted by atomic mass is 32.2. The van der Waals surface area contributed by atoms with Gasteiger partial charge in [-0.15, -0.1) is 16.6 Å². The fraction of sp³-hybridized carbons (Fsp3) is 0.450. The largest absolute Gasteiger partial charge is 0.486 e. The molecule has 0 aliphatic heterocycles. The van der Waals surface area contributed by atoms with E-state index in [9.17, 15) is 4.79 Å². The number of terminal acetylenes is 1. The van der Waals surface area contributed by atoms with Crippen molar-refractivity contribution >= 4 is 17.7 Å². The maximum absolute atomic E-state index is 12.1. The third-order valence-corrected chi connectivity index (χ3v) is 4.93. The van der Waals surface area contributed by atoms with E-state index in [0.29, 0.717) is 17.7 Å². The van der Waals surface area contributed by atoms with E-state index in [-0.39, 0.29) is 17.7 Å². The zero-order valence-corrected chi connectivity index (χ0v) is 16.8. The van der Waals surface area contributed by atoms with Gasteiger partial charge in [-0.3, -0.25) is 4.79 Å². The third-order valence-electron chi connectivity index (χ3n) is 3.85. The molecule has 1 aromatic carbocycles. The Morgan fingerprint density at radius 2 is 2.04 bits per heavy atom. The number of benzene rings is 1. The second-order valence-electron chi connectivity index (χ2n) is 6.52. The van der Waals surface area contributed by atoms with Crippen LogP contribution in [0.1, 0.15) is 33.0 Å². The number of nitrogens with zero attached hydrogens (tertiary/aromatic N) is 3. The number of nitrogens with one attached hydrogen (secondary N) is 1. The molecule has 0 bridgehead atoms. The summed E-state index contributed by atoms with van der Waals surface area (Å²) < 4.78 is 7.86. The van der Waals surface area contributed by atoms with Gasteiger partial charge in [0.15, 0.2) is 11.0 Å². The highest BCUT2D eigenvalue weighted by Gasteiger charge is 2.20. The first-order valence-corrected chi connectivity index (χ1v) is 9.87. The van der Waals surface area contributed by atoms with Gasteiger partial charge in [-0.1, -0.05) is 49.7 Å². The molecule has 0 aliphatic carbocycles. The van der Waals surface area contributed by atoms with Gasteiger partial charge < -0.3 is 14.6 Å². The Morgan fingerprint density at radius 1 is 1.30 bits per heavy atom. The minimum Gasteiger partial charge on any atom is -0.486 e. The van der Waals surface area contributed by atoms with Gasteiger partial charge >= 0.3 is 0 Å². The minimum absolute atomic E-state index is 0.113. The number of carbonyl (C=O) groups excluding carboxylic acids is 1. The van der Waals surface area contributed by atoms with Gasteiger partial charge in [0, 0.05) is 6.54 Å². The molecule has 1 N–H and O–H groups in total. The molecule has 0 saturated carbocycles. The third kappa shape index (κ3) is 6.65. The Labute approximate surface area is 165 Å². The van der Waals surface area contributed by atoms with Crippen molar-refractivity contribution in [1.29, 1.82) is 0 Å². The second-order valence-corrected chi connectivity index (χ2v) is 7.82. The van der Waals surface area contributed by atoms with E-state index in [0.717, 1.165) is 24.5 Å². The SMILES string of the molecule is C#CCNC(=O)C(C)Sc1nnc(COc2ccccc2)n1CCC(C)C. The molecule has 2 aromatic rings. The van der Waals surface area contributed by atoms with Gasteiger partial charge in [0.2, 0.25) is 5.91 Å². The maximum Gasteiger partial charge on any atom is 0.234 e. The van der Waals surface area contributed by atoms with Crippen LogP contribution in [-0.2, 0) is 17.9 Å². The van der Waals surface area contributed by atoms with Crippen molar-refractivity contribution < 1.29 is 9.53 Å². The highest BCUT2D eigenvalue weighted by Crippen LogP contribution is 2.24. The predicted molar refractivity (Wildman–Crippen MR) is 107 cm³/mol. The fourth-order valence-electron chi connectivity index (χ4n) is 2.28. The predicted octanol–water partition coefficient (Wildman–Crippen LogP) is 3.13. The first-order valence-electron chi connectivity index (χ1n) is 8.99.